The molecule has 14 nitrogen and oxygen atoms in total. The minimum atomic E-state index is -1.40. The molecule has 1 saturated heterocycles. The Hall–Kier alpha value is -4.59. The Morgan fingerprint density at radius 3 is 2.46 bits per heavy atom. The average Bonchev–Trinajstić information content (AvgIpc) is 3.71. The van der Waals surface area contributed by atoms with Gasteiger partial charge in [-0.1, -0.05) is 45.7 Å². The van der Waals surface area contributed by atoms with E-state index in [9.17, 15) is 24.3 Å². The first-order chi connectivity index (χ1) is 24.7. The molecule has 7 rings (SSSR count). The number of aromatic nitrogens is 3. The number of carboxylic acids is 1. The van der Waals surface area contributed by atoms with Gasteiger partial charge in [-0.2, -0.15) is 5.10 Å². The Labute approximate surface area is 306 Å². The van der Waals surface area contributed by atoms with Gasteiger partial charge in [-0.3, -0.25) is 9.59 Å². The molecule has 2 aromatic heterocycles. The molecule has 8 atom stereocenters. The Morgan fingerprint density at radius 1 is 1.10 bits per heavy atom. The molecule has 0 bridgehead atoms. The number of methoxy groups -OCH3 is 1. The third kappa shape index (κ3) is 6.72. The van der Waals surface area contributed by atoms with Crippen LogP contribution in [0.25, 0.3) is 16.7 Å². The Kier molecular flexibility index (Phi) is 9.25. The fourth-order valence-electron chi connectivity index (χ4n) is 7.99. The summed E-state index contributed by atoms with van der Waals surface area (Å²) < 4.78 is 19.3. The maximum absolute atomic E-state index is 14.6. The Morgan fingerprint density at radius 2 is 1.85 bits per heavy atom. The second-order valence-corrected chi connectivity index (χ2v) is 16.0. The molecule has 3 amide bonds. The van der Waals surface area contributed by atoms with Crippen molar-refractivity contribution in [3.05, 3.63) is 41.7 Å². The van der Waals surface area contributed by atoms with E-state index in [1.807, 2.05) is 27.7 Å². The van der Waals surface area contributed by atoms with Crippen LogP contribution < -0.4 is 20.1 Å². The minimum Gasteiger partial charge on any atom is -0.495 e. The number of hydrogen-bond acceptors (Lipinski definition) is 9. The number of halogens is 1. The van der Waals surface area contributed by atoms with Gasteiger partial charge in [0.2, 0.25) is 11.8 Å². The van der Waals surface area contributed by atoms with E-state index >= 15 is 0 Å². The number of amides is 3. The van der Waals surface area contributed by atoms with E-state index in [-0.39, 0.29) is 30.0 Å². The number of alkyl carbamates (subject to hydrolysis) is 1. The van der Waals surface area contributed by atoms with Gasteiger partial charge in [-0.05, 0) is 67.1 Å². The van der Waals surface area contributed by atoms with Crippen molar-refractivity contribution in [2.45, 2.75) is 96.1 Å². The van der Waals surface area contributed by atoms with Crippen LogP contribution >= 0.6 is 11.6 Å². The monoisotopic (exact) mass is 736 g/mol. The zero-order valence-electron chi connectivity index (χ0n) is 29.9. The number of carbonyl (C=O) groups excluding carboxylic acids is 3. The van der Waals surface area contributed by atoms with Crippen molar-refractivity contribution < 1.29 is 38.5 Å². The maximum atomic E-state index is 14.6. The van der Waals surface area contributed by atoms with Crippen molar-refractivity contribution in [3.63, 3.8) is 0 Å². The first kappa shape index (κ1) is 35.8. The Bertz CT molecular complexity index is 1890. The van der Waals surface area contributed by atoms with Crippen LogP contribution in [0.2, 0.25) is 5.02 Å². The van der Waals surface area contributed by atoms with Crippen molar-refractivity contribution in [2.75, 3.05) is 13.7 Å². The van der Waals surface area contributed by atoms with Crippen molar-refractivity contribution in [2.24, 2.45) is 23.2 Å². The number of hydrogen-bond donors (Lipinski definition) is 3. The summed E-state index contributed by atoms with van der Waals surface area (Å²) in [5.41, 5.74) is -1.76. The fraction of sp³-hybridized carbons (Fsp3) is 0.568. The number of likely N-dealkylation sites (tertiary alicyclic amines) is 1. The fourth-order valence-corrected chi connectivity index (χ4v) is 8.28. The highest BCUT2D eigenvalue weighted by molar-refractivity contribution is 6.36. The van der Waals surface area contributed by atoms with Crippen LogP contribution in [0.3, 0.4) is 0 Å². The minimum absolute atomic E-state index is 0.0195. The van der Waals surface area contributed by atoms with Crippen molar-refractivity contribution in [1.82, 2.24) is 30.3 Å². The summed E-state index contributed by atoms with van der Waals surface area (Å²) in [6, 6.07) is 4.79. The highest BCUT2D eigenvalue weighted by Gasteiger charge is 2.61. The summed E-state index contributed by atoms with van der Waals surface area (Å²) in [4.78, 5) is 60.3. The largest absolute Gasteiger partial charge is 0.495 e. The summed E-state index contributed by atoms with van der Waals surface area (Å²) >= 11 is 6.72. The molecule has 4 fully saturated rings. The van der Waals surface area contributed by atoms with Crippen molar-refractivity contribution >= 4 is 46.4 Å². The van der Waals surface area contributed by atoms with E-state index in [0.29, 0.717) is 52.9 Å². The molecular weight excluding hydrogens is 692 g/mol. The number of ether oxygens (including phenoxy) is 3. The lowest BCUT2D eigenvalue weighted by Gasteiger charge is -2.35. The number of benzene rings is 1. The lowest BCUT2D eigenvalue weighted by molar-refractivity contribution is -0.146. The third-order valence-corrected chi connectivity index (χ3v) is 11.5. The quantitative estimate of drug-likeness (QED) is 0.250. The molecular formula is C37H45ClN6O8. The topological polar surface area (TPSA) is 174 Å². The van der Waals surface area contributed by atoms with E-state index in [2.05, 4.69) is 15.7 Å². The molecule has 3 heterocycles. The van der Waals surface area contributed by atoms with Crippen LogP contribution in [-0.4, -0.2) is 92.1 Å². The molecule has 0 unspecified atom stereocenters. The standard InChI is InChI=1S/C37H45ClN6O8/c1-6-21-17-37(21,34(47)48)42-32(45)25-15-23(18-43(25)33(46)31(36(2,3)4)41-35(49)52-22-13-19-12-20(19)14-22)51-27-16-28(44-11-7-10-39-44)40-30-24(27)8-9-26(50-5)29(30)38/h7-11,16,19-23,25,31H,6,12-15,17-18H2,1-5H3,(H,41,49)(H,42,45)(H,47,48)/t19-,20+,21-,22+,23-,25+,31-,37-/m1/s1. The molecule has 0 radical (unpaired) electrons. The molecule has 4 aliphatic rings. The van der Waals surface area contributed by atoms with Gasteiger partial charge in [-0.15, -0.1) is 0 Å². The number of aliphatic carboxylic acids is 1. The summed E-state index contributed by atoms with van der Waals surface area (Å²) in [6.45, 7) is 7.34. The number of carboxylic acid groups (broad SMARTS) is 1. The molecule has 3 aromatic rings. The van der Waals surface area contributed by atoms with Gasteiger partial charge < -0.3 is 34.9 Å². The molecule has 3 aliphatic carbocycles. The van der Waals surface area contributed by atoms with Crippen molar-refractivity contribution in [3.8, 4) is 17.3 Å². The van der Waals surface area contributed by atoms with Crippen LogP contribution in [0.4, 0.5) is 4.79 Å². The zero-order valence-corrected chi connectivity index (χ0v) is 30.7. The number of nitrogens with one attached hydrogen (secondary N) is 2. The molecule has 1 aromatic carbocycles. The zero-order chi connectivity index (χ0) is 37.1. The van der Waals surface area contributed by atoms with Crippen LogP contribution in [0.15, 0.2) is 36.7 Å². The molecule has 1 aliphatic heterocycles. The van der Waals surface area contributed by atoms with Gasteiger partial charge in [0.15, 0.2) is 5.82 Å². The average molecular weight is 737 g/mol. The van der Waals surface area contributed by atoms with Gasteiger partial charge in [0.1, 0.15) is 46.4 Å². The summed E-state index contributed by atoms with van der Waals surface area (Å²) in [5, 5.41) is 20.8. The van der Waals surface area contributed by atoms with Crippen LogP contribution in [-0.2, 0) is 19.1 Å². The van der Waals surface area contributed by atoms with Gasteiger partial charge in [-0.25, -0.2) is 19.3 Å². The predicted octanol–water partition coefficient (Wildman–Crippen LogP) is 4.74. The smallest absolute Gasteiger partial charge is 0.408 e. The molecule has 3 N–H and O–H groups in total. The van der Waals surface area contributed by atoms with E-state index < -0.39 is 53.0 Å². The summed E-state index contributed by atoms with van der Waals surface area (Å²) in [6.07, 6.45) is 5.53. The maximum Gasteiger partial charge on any atom is 0.408 e. The molecule has 3 saturated carbocycles. The van der Waals surface area contributed by atoms with Gasteiger partial charge >= 0.3 is 12.1 Å². The van der Waals surface area contributed by atoms with Crippen molar-refractivity contribution in [1.29, 1.82) is 0 Å². The van der Waals surface area contributed by atoms with Gasteiger partial charge in [0.05, 0.1) is 19.2 Å². The third-order valence-electron chi connectivity index (χ3n) is 11.1. The predicted molar refractivity (Wildman–Crippen MR) is 189 cm³/mol. The number of rotatable bonds is 11. The Balaban J connectivity index is 1.19. The molecule has 52 heavy (non-hydrogen) atoms. The van der Waals surface area contributed by atoms with E-state index in [4.69, 9.17) is 30.8 Å². The van der Waals surface area contributed by atoms with Gasteiger partial charge in [0, 0.05) is 30.3 Å². The van der Waals surface area contributed by atoms with Crippen LogP contribution in [0, 0.1) is 23.2 Å². The lowest BCUT2D eigenvalue weighted by atomic mass is 9.85. The van der Waals surface area contributed by atoms with Crippen LogP contribution in [0.5, 0.6) is 11.5 Å². The number of carbonyl (C=O) groups is 4. The SMILES string of the molecule is CC[C@@H]1C[C@]1(NC(=O)[C@@H]1C[C@@H](Oc2cc(-n3cccn3)nc3c(Cl)c(OC)ccc23)CN1C(=O)[C@@H](NC(=O)O[C@@H]1C[C@@H]2C[C@@H]2C1)C(C)(C)C)C(=O)O. The second-order valence-electron chi connectivity index (χ2n) is 15.7. The summed E-state index contributed by atoms with van der Waals surface area (Å²) in [5.74, 6) is 0.0109. The number of pyridine rings is 1. The second kappa shape index (κ2) is 13.4. The van der Waals surface area contributed by atoms with Crippen LogP contribution in [0.1, 0.15) is 66.2 Å². The highest BCUT2D eigenvalue weighted by Crippen LogP contribution is 2.52. The number of nitrogens with zero attached hydrogens (tertiary/aromatic N) is 4. The van der Waals surface area contributed by atoms with E-state index in [0.717, 1.165) is 12.8 Å². The number of fused-ring (bicyclic) bond motifs is 2. The molecule has 278 valence electrons. The first-order valence-electron chi connectivity index (χ1n) is 17.9. The first-order valence-corrected chi connectivity index (χ1v) is 18.3. The van der Waals surface area contributed by atoms with Gasteiger partial charge in [0.25, 0.3) is 0 Å². The van der Waals surface area contributed by atoms with E-state index in [1.54, 1.807) is 41.3 Å². The molecule has 0 spiro atoms. The highest BCUT2D eigenvalue weighted by atomic mass is 35.5. The summed E-state index contributed by atoms with van der Waals surface area (Å²) in [7, 11) is 1.51. The normalized spacial score (nSPS) is 28.2. The molecule has 15 heteroatoms. The van der Waals surface area contributed by atoms with E-state index in [1.165, 1.54) is 18.4 Å². The lowest BCUT2D eigenvalue weighted by Crippen LogP contribution is -2.59.